The van der Waals surface area contributed by atoms with Gasteiger partial charge in [0, 0.05) is 5.57 Å². The number of hydrogen-bond donors (Lipinski definition) is 0. The van der Waals surface area contributed by atoms with Gasteiger partial charge in [0.05, 0.1) is 0 Å². The molecule has 0 aromatic heterocycles. The summed E-state index contributed by atoms with van der Waals surface area (Å²) in [5, 5.41) is 0. The number of hydrogen-bond acceptors (Lipinski definition) is 2. The van der Waals surface area contributed by atoms with Crippen LogP contribution in [-0.4, -0.2) is 12.6 Å². The molecule has 0 N–H and O–H groups in total. The summed E-state index contributed by atoms with van der Waals surface area (Å²) >= 11 is 0. The highest BCUT2D eigenvalue weighted by molar-refractivity contribution is 5.90. The van der Waals surface area contributed by atoms with Crippen LogP contribution in [0.5, 0.6) is 0 Å². The molecule has 0 atom stereocenters. The maximum Gasteiger partial charge on any atom is 0.334 e. The number of carbonyl (C=O) groups is 1. The molecule has 0 aliphatic carbocycles. The minimum Gasteiger partial charge on any atom is -0.458 e. The van der Waals surface area contributed by atoms with Gasteiger partial charge < -0.3 is 4.74 Å². The monoisotopic (exact) mass is 112 g/mol. The summed E-state index contributed by atoms with van der Waals surface area (Å²) < 4.78 is 4.66. The molecule has 2 nitrogen and oxygen atoms in total. The second kappa shape index (κ2) is 1.62. The van der Waals surface area contributed by atoms with Gasteiger partial charge in [0.2, 0.25) is 0 Å². The van der Waals surface area contributed by atoms with Gasteiger partial charge in [-0.05, 0) is 19.4 Å². The Kier molecular flexibility index (Phi) is 1.08. The van der Waals surface area contributed by atoms with Crippen LogP contribution in [0.15, 0.2) is 11.1 Å². The van der Waals surface area contributed by atoms with E-state index < -0.39 is 0 Å². The third-order valence-corrected chi connectivity index (χ3v) is 1.37. The first kappa shape index (κ1) is 5.35. The minimum absolute atomic E-state index is 0.164. The highest BCUT2D eigenvalue weighted by Crippen LogP contribution is 2.12. The van der Waals surface area contributed by atoms with Crippen molar-refractivity contribution in [2.75, 3.05) is 6.61 Å². The highest BCUT2D eigenvalue weighted by Gasteiger charge is 2.15. The SMILES string of the molecule is CC1=C(C)C(=O)OC1. The van der Waals surface area contributed by atoms with Crippen LogP contribution < -0.4 is 0 Å². The average Bonchev–Trinajstić information content (AvgIpc) is 1.98. The van der Waals surface area contributed by atoms with Crippen molar-refractivity contribution in [1.29, 1.82) is 0 Å². The van der Waals surface area contributed by atoms with Crippen LogP contribution in [0, 0.1) is 0 Å². The number of esters is 1. The van der Waals surface area contributed by atoms with E-state index in [1.807, 2.05) is 6.92 Å². The van der Waals surface area contributed by atoms with Gasteiger partial charge in [0.25, 0.3) is 0 Å². The topological polar surface area (TPSA) is 26.3 Å². The van der Waals surface area contributed by atoms with E-state index in [2.05, 4.69) is 4.74 Å². The van der Waals surface area contributed by atoms with E-state index in [9.17, 15) is 4.79 Å². The van der Waals surface area contributed by atoms with E-state index in [0.717, 1.165) is 11.1 Å². The summed E-state index contributed by atoms with van der Waals surface area (Å²) in [5.74, 6) is -0.164. The molecular weight excluding hydrogens is 104 g/mol. The van der Waals surface area contributed by atoms with Gasteiger partial charge in [-0.3, -0.25) is 0 Å². The standard InChI is InChI=1S/C6H8O2/c1-4-3-8-6(7)5(4)2/h3H2,1-2H3. The molecule has 0 aromatic carbocycles. The Bertz CT molecular complexity index is 156. The Morgan fingerprint density at radius 2 is 2.12 bits per heavy atom. The molecule has 0 radical (unpaired) electrons. The summed E-state index contributed by atoms with van der Waals surface area (Å²) in [6.07, 6.45) is 0. The molecule has 0 spiro atoms. The molecule has 1 heterocycles. The van der Waals surface area contributed by atoms with E-state index in [1.54, 1.807) is 6.92 Å². The van der Waals surface area contributed by atoms with E-state index >= 15 is 0 Å². The van der Waals surface area contributed by atoms with Crippen LogP contribution in [0.4, 0.5) is 0 Å². The van der Waals surface area contributed by atoms with Crippen LogP contribution in [0.1, 0.15) is 13.8 Å². The van der Waals surface area contributed by atoms with Crippen molar-refractivity contribution in [3.63, 3.8) is 0 Å². The van der Waals surface area contributed by atoms with E-state index in [-0.39, 0.29) is 5.97 Å². The highest BCUT2D eigenvalue weighted by atomic mass is 16.5. The van der Waals surface area contributed by atoms with Crippen molar-refractivity contribution in [2.24, 2.45) is 0 Å². The molecule has 0 aromatic rings. The summed E-state index contributed by atoms with van der Waals surface area (Å²) in [4.78, 5) is 10.5. The molecule has 1 aliphatic heterocycles. The van der Waals surface area contributed by atoms with Gasteiger partial charge in [0.1, 0.15) is 6.61 Å². The number of cyclic esters (lactones) is 1. The fourth-order valence-corrected chi connectivity index (χ4v) is 0.565. The van der Waals surface area contributed by atoms with Gasteiger partial charge in [-0.25, -0.2) is 4.79 Å². The third-order valence-electron chi connectivity index (χ3n) is 1.37. The third kappa shape index (κ3) is 0.619. The van der Waals surface area contributed by atoms with Crippen molar-refractivity contribution in [3.8, 4) is 0 Å². The Balaban J connectivity index is 2.86. The fourth-order valence-electron chi connectivity index (χ4n) is 0.565. The zero-order valence-electron chi connectivity index (χ0n) is 5.02. The smallest absolute Gasteiger partial charge is 0.334 e. The van der Waals surface area contributed by atoms with E-state index in [0.29, 0.717) is 6.61 Å². The van der Waals surface area contributed by atoms with Crippen LogP contribution in [0.3, 0.4) is 0 Å². The maximum absolute atomic E-state index is 10.5. The molecule has 1 rings (SSSR count). The Morgan fingerprint density at radius 1 is 1.50 bits per heavy atom. The summed E-state index contributed by atoms with van der Waals surface area (Å²) in [6.45, 7) is 4.18. The van der Waals surface area contributed by atoms with Gasteiger partial charge in [-0.1, -0.05) is 0 Å². The van der Waals surface area contributed by atoms with Crippen molar-refractivity contribution in [3.05, 3.63) is 11.1 Å². The van der Waals surface area contributed by atoms with Gasteiger partial charge in [0.15, 0.2) is 0 Å². The zero-order chi connectivity index (χ0) is 6.15. The van der Waals surface area contributed by atoms with Crippen LogP contribution >= 0.6 is 0 Å². The number of carbonyl (C=O) groups excluding carboxylic acids is 1. The van der Waals surface area contributed by atoms with Gasteiger partial charge in [-0.15, -0.1) is 0 Å². The Hall–Kier alpha value is -0.790. The minimum atomic E-state index is -0.164. The van der Waals surface area contributed by atoms with Crippen molar-refractivity contribution < 1.29 is 9.53 Å². The van der Waals surface area contributed by atoms with E-state index in [4.69, 9.17) is 0 Å². The van der Waals surface area contributed by atoms with Crippen molar-refractivity contribution in [1.82, 2.24) is 0 Å². The lowest BCUT2D eigenvalue weighted by atomic mass is 10.2. The van der Waals surface area contributed by atoms with Gasteiger partial charge >= 0.3 is 5.97 Å². The summed E-state index contributed by atoms with van der Waals surface area (Å²) in [7, 11) is 0. The Morgan fingerprint density at radius 3 is 2.25 bits per heavy atom. The summed E-state index contributed by atoms with van der Waals surface area (Å²) in [5.41, 5.74) is 1.82. The molecule has 1 aliphatic rings. The lowest BCUT2D eigenvalue weighted by Crippen LogP contribution is -1.94. The van der Waals surface area contributed by atoms with E-state index in [1.165, 1.54) is 0 Å². The van der Waals surface area contributed by atoms with Crippen LogP contribution in [0.2, 0.25) is 0 Å². The normalized spacial score (nSPS) is 19.5. The average molecular weight is 112 g/mol. The predicted octanol–water partition coefficient (Wildman–Crippen LogP) is 0.880. The van der Waals surface area contributed by atoms with Crippen LogP contribution in [-0.2, 0) is 9.53 Å². The first-order valence-electron chi connectivity index (χ1n) is 2.55. The summed E-state index contributed by atoms with van der Waals surface area (Å²) in [6, 6.07) is 0. The quantitative estimate of drug-likeness (QED) is 0.435. The number of rotatable bonds is 0. The zero-order valence-corrected chi connectivity index (χ0v) is 5.02. The lowest BCUT2D eigenvalue weighted by Gasteiger charge is -1.86. The van der Waals surface area contributed by atoms with Gasteiger partial charge in [-0.2, -0.15) is 0 Å². The fraction of sp³-hybridized carbons (Fsp3) is 0.500. The maximum atomic E-state index is 10.5. The Labute approximate surface area is 48.1 Å². The molecule has 2 heteroatoms. The number of ether oxygens (including phenoxy) is 1. The van der Waals surface area contributed by atoms with Crippen molar-refractivity contribution >= 4 is 5.97 Å². The molecule has 0 fully saturated rings. The van der Waals surface area contributed by atoms with Crippen LogP contribution in [0.25, 0.3) is 0 Å². The molecule has 0 bridgehead atoms. The molecule has 0 unspecified atom stereocenters. The molecular formula is C6H8O2. The second-order valence-corrected chi connectivity index (χ2v) is 1.98. The molecule has 0 saturated heterocycles. The molecule has 8 heavy (non-hydrogen) atoms. The molecule has 0 saturated carbocycles. The largest absolute Gasteiger partial charge is 0.458 e. The lowest BCUT2D eigenvalue weighted by molar-refractivity contribution is -0.135. The molecule has 0 amide bonds. The van der Waals surface area contributed by atoms with Crippen molar-refractivity contribution in [2.45, 2.75) is 13.8 Å². The predicted molar refractivity (Wildman–Crippen MR) is 29.3 cm³/mol. The first-order valence-corrected chi connectivity index (χ1v) is 2.55. The second-order valence-electron chi connectivity index (χ2n) is 1.98. The first-order chi connectivity index (χ1) is 3.72. The molecule has 44 valence electrons.